The molecule has 6 heteroatoms. The smallest absolute Gasteiger partial charge is 0.266 e. The van der Waals surface area contributed by atoms with Gasteiger partial charge < -0.3 is 15.4 Å². The molecule has 1 aromatic heterocycles. The van der Waals surface area contributed by atoms with E-state index in [-0.39, 0.29) is 5.91 Å². The lowest BCUT2D eigenvalue weighted by atomic mass is 10.2. The fraction of sp³-hybridized carbons (Fsp3) is 0.400. The number of rotatable bonds is 6. The number of hydrogen-bond donors (Lipinski definition) is 1. The molecule has 0 aliphatic rings. The number of carbonyl (C=O) groups is 1. The minimum absolute atomic E-state index is 0.0213. The van der Waals surface area contributed by atoms with Crippen LogP contribution in [0.1, 0.15) is 23.5 Å². The molecule has 21 heavy (non-hydrogen) atoms. The number of benzene rings is 1. The summed E-state index contributed by atoms with van der Waals surface area (Å²) in [5, 5.41) is 0.937. The zero-order valence-electron chi connectivity index (χ0n) is 12.2. The van der Waals surface area contributed by atoms with Crippen LogP contribution in [0.5, 0.6) is 0 Å². The first kappa shape index (κ1) is 16.3. The van der Waals surface area contributed by atoms with Crippen molar-refractivity contribution < 1.29 is 9.53 Å². The van der Waals surface area contributed by atoms with E-state index >= 15 is 0 Å². The maximum absolute atomic E-state index is 12.6. The Balaban J connectivity index is 2.27. The van der Waals surface area contributed by atoms with Gasteiger partial charge in [0.1, 0.15) is 4.88 Å². The molecule has 2 aromatic rings. The van der Waals surface area contributed by atoms with Crippen molar-refractivity contribution in [1.29, 1.82) is 0 Å². The topological polar surface area (TPSA) is 55.6 Å². The molecular formula is C15H19BrN2O2S. The van der Waals surface area contributed by atoms with E-state index in [4.69, 9.17) is 10.5 Å². The third kappa shape index (κ3) is 3.56. The van der Waals surface area contributed by atoms with Crippen LogP contribution in [0.3, 0.4) is 0 Å². The maximum Gasteiger partial charge on any atom is 0.266 e. The highest BCUT2D eigenvalue weighted by Gasteiger charge is 2.21. The molecule has 0 aliphatic heterocycles. The number of ether oxygens (including phenoxy) is 1. The zero-order valence-corrected chi connectivity index (χ0v) is 14.6. The predicted octanol–water partition coefficient (Wildman–Crippen LogP) is 3.74. The van der Waals surface area contributed by atoms with Gasteiger partial charge in [-0.1, -0.05) is 22.0 Å². The van der Waals surface area contributed by atoms with Crippen molar-refractivity contribution >= 4 is 48.9 Å². The van der Waals surface area contributed by atoms with Crippen LogP contribution in [0.15, 0.2) is 22.7 Å². The Morgan fingerprint density at radius 1 is 1.43 bits per heavy atom. The van der Waals surface area contributed by atoms with Crippen molar-refractivity contribution in [2.45, 2.75) is 13.8 Å². The molecule has 114 valence electrons. The molecule has 1 heterocycles. The van der Waals surface area contributed by atoms with E-state index in [1.807, 2.05) is 32.0 Å². The van der Waals surface area contributed by atoms with Gasteiger partial charge in [0, 0.05) is 34.3 Å². The molecule has 2 N–H and O–H groups in total. The second-order valence-corrected chi connectivity index (χ2v) is 6.53. The Hall–Kier alpha value is -1.11. The van der Waals surface area contributed by atoms with Gasteiger partial charge >= 0.3 is 0 Å². The molecular weight excluding hydrogens is 352 g/mol. The molecule has 4 nitrogen and oxygen atoms in total. The number of carbonyl (C=O) groups excluding carboxylic acids is 1. The van der Waals surface area contributed by atoms with Crippen molar-refractivity contribution in [3.05, 3.63) is 27.5 Å². The van der Waals surface area contributed by atoms with Gasteiger partial charge in [0.2, 0.25) is 0 Å². The van der Waals surface area contributed by atoms with E-state index in [0.29, 0.717) is 36.9 Å². The van der Waals surface area contributed by atoms with E-state index in [2.05, 4.69) is 15.9 Å². The van der Waals surface area contributed by atoms with Gasteiger partial charge in [0.15, 0.2) is 0 Å². The molecule has 0 atom stereocenters. The minimum atomic E-state index is -0.0213. The lowest BCUT2D eigenvalue weighted by Crippen LogP contribution is -2.33. The van der Waals surface area contributed by atoms with Gasteiger partial charge in [-0.15, -0.1) is 11.3 Å². The molecule has 1 aromatic carbocycles. The van der Waals surface area contributed by atoms with Gasteiger partial charge in [-0.2, -0.15) is 0 Å². The minimum Gasteiger partial charge on any atom is -0.397 e. The average Bonchev–Trinajstić information content (AvgIpc) is 2.79. The highest BCUT2D eigenvalue weighted by molar-refractivity contribution is 9.10. The van der Waals surface area contributed by atoms with Crippen LogP contribution in [-0.4, -0.2) is 37.1 Å². The first-order chi connectivity index (χ1) is 10.1. The van der Waals surface area contributed by atoms with E-state index in [0.717, 1.165) is 14.6 Å². The number of hydrogen-bond acceptors (Lipinski definition) is 4. The van der Waals surface area contributed by atoms with Crippen LogP contribution in [0.2, 0.25) is 0 Å². The van der Waals surface area contributed by atoms with Crippen LogP contribution in [0, 0.1) is 0 Å². The first-order valence-electron chi connectivity index (χ1n) is 6.93. The second-order valence-electron chi connectivity index (χ2n) is 4.57. The summed E-state index contributed by atoms with van der Waals surface area (Å²) in [7, 11) is 0. The molecule has 1 amide bonds. The number of nitrogens with two attached hydrogens (primary N) is 1. The maximum atomic E-state index is 12.6. The molecule has 0 fully saturated rings. The lowest BCUT2D eigenvalue weighted by Gasteiger charge is -2.20. The predicted molar refractivity (Wildman–Crippen MR) is 92.0 cm³/mol. The number of thiophene rings is 1. The summed E-state index contributed by atoms with van der Waals surface area (Å²) in [5.41, 5.74) is 6.73. The van der Waals surface area contributed by atoms with Crippen LogP contribution in [0.25, 0.3) is 10.1 Å². The van der Waals surface area contributed by atoms with E-state index in [9.17, 15) is 4.79 Å². The molecule has 0 bridgehead atoms. The number of fused-ring (bicyclic) bond motifs is 1. The van der Waals surface area contributed by atoms with Crippen LogP contribution >= 0.6 is 27.3 Å². The normalized spacial score (nSPS) is 11.0. The SMILES string of the molecule is CCOCCN(CC)C(=O)c1sc2cc(Br)ccc2c1N. The Bertz CT molecular complexity index is 642. The zero-order chi connectivity index (χ0) is 15.4. The first-order valence-corrected chi connectivity index (χ1v) is 8.54. The molecule has 0 spiro atoms. The summed E-state index contributed by atoms with van der Waals surface area (Å²) in [6, 6.07) is 5.87. The monoisotopic (exact) mass is 370 g/mol. The third-order valence-electron chi connectivity index (χ3n) is 3.26. The van der Waals surface area contributed by atoms with Crippen molar-refractivity contribution in [3.63, 3.8) is 0 Å². The molecule has 0 aliphatic carbocycles. The highest BCUT2D eigenvalue weighted by Crippen LogP contribution is 2.35. The Labute approximate surface area is 137 Å². The van der Waals surface area contributed by atoms with Crippen molar-refractivity contribution in [3.8, 4) is 0 Å². The van der Waals surface area contributed by atoms with Crippen LogP contribution < -0.4 is 5.73 Å². The van der Waals surface area contributed by atoms with Gasteiger partial charge in [-0.3, -0.25) is 4.79 Å². The average molecular weight is 371 g/mol. The Kier molecular flexibility index (Phi) is 5.61. The summed E-state index contributed by atoms with van der Waals surface area (Å²) >= 11 is 4.88. The summed E-state index contributed by atoms with van der Waals surface area (Å²) < 4.78 is 7.33. The van der Waals surface area contributed by atoms with Crippen molar-refractivity contribution in [2.24, 2.45) is 0 Å². The molecule has 0 saturated carbocycles. The quantitative estimate of drug-likeness (QED) is 0.787. The Morgan fingerprint density at radius 3 is 2.86 bits per heavy atom. The standard InChI is InChI=1S/C15H19BrN2O2S/c1-3-18(7-8-20-4-2)15(19)14-13(17)11-6-5-10(16)9-12(11)21-14/h5-6,9H,3-4,7-8,17H2,1-2H3. The van der Waals surface area contributed by atoms with Crippen molar-refractivity contribution in [1.82, 2.24) is 4.90 Å². The lowest BCUT2D eigenvalue weighted by molar-refractivity contribution is 0.0674. The number of nitrogens with zero attached hydrogens (tertiary/aromatic N) is 1. The fourth-order valence-corrected chi connectivity index (χ4v) is 3.76. The third-order valence-corrected chi connectivity index (χ3v) is 4.91. The molecule has 0 saturated heterocycles. The Morgan fingerprint density at radius 2 is 2.19 bits per heavy atom. The fourth-order valence-electron chi connectivity index (χ4n) is 2.12. The van der Waals surface area contributed by atoms with Gasteiger partial charge in [-0.05, 0) is 26.0 Å². The molecule has 2 rings (SSSR count). The van der Waals surface area contributed by atoms with E-state index in [1.165, 1.54) is 11.3 Å². The summed E-state index contributed by atoms with van der Waals surface area (Å²) in [6.45, 7) is 6.34. The van der Waals surface area contributed by atoms with Crippen molar-refractivity contribution in [2.75, 3.05) is 32.0 Å². The van der Waals surface area contributed by atoms with Crippen LogP contribution in [0.4, 0.5) is 5.69 Å². The van der Waals surface area contributed by atoms with E-state index in [1.54, 1.807) is 4.90 Å². The van der Waals surface area contributed by atoms with E-state index < -0.39 is 0 Å². The summed E-state index contributed by atoms with van der Waals surface area (Å²) in [5.74, 6) is -0.0213. The largest absolute Gasteiger partial charge is 0.397 e. The van der Waals surface area contributed by atoms with Gasteiger partial charge in [0.05, 0.1) is 12.3 Å². The van der Waals surface area contributed by atoms with Gasteiger partial charge in [0.25, 0.3) is 5.91 Å². The second kappa shape index (κ2) is 7.24. The number of anilines is 1. The number of halogens is 1. The number of likely N-dealkylation sites (N-methyl/N-ethyl adjacent to an activating group) is 1. The van der Waals surface area contributed by atoms with Gasteiger partial charge in [-0.25, -0.2) is 0 Å². The molecule has 0 unspecified atom stereocenters. The number of amides is 1. The molecule has 0 radical (unpaired) electrons. The summed E-state index contributed by atoms with van der Waals surface area (Å²) in [4.78, 5) is 15.0. The van der Waals surface area contributed by atoms with Crippen LogP contribution in [-0.2, 0) is 4.74 Å². The highest BCUT2D eigenvalue weighted by atomic mass is 79.9. The number of nitrogen functional groups attached to an aromatic ring is 1. The summed E-state index contributed by atoms with van der Waals surface area (Å²) in [6.07, 6.45) is 0.